The number of thioether (sulfide) groups is 1. The van der Waals surface area contributed by atoms with Gasteiger partial charge in [-0.2, -0.15) is 11.8 Å². The second kappa shape index (κ2) is 6.27. The zero-order valence-electron chi connectivity index (χ0n) is 8.79. The Morgan fingerprint density at radius 1 is 1.57 bits per heavy atom. The highest BCUT2D eigenvalue weighted by Gasteiger charge is 2.20. The molecule has 5 heteroatoms. The lowest BCUT2D eigenvalue weighted by Gasteiger charge is -2.22. The fourth-order valence-corrected chi connectivity index (χ4v) is 1.93. The summed E-state index contributed by atoms with van der Waals surface area (Å²) in [6, 6.07) is 0. The largest absolute Gasteiger partial charge is 0.394 e. The lowest BCUT2D eigenvalue weighted by Crippen LogP contribution is -2.31. The molecule has 0 aromatic heterocycles. The molecule has 0 saturated carbocycles. The van der Waals surface area contributed by atoms with Crippen LogP contribution in [0.3, 0.4) is 0 Å². The van der Waals surface area contributed by atoms with Gasteiger partial charge in [0.25, 0.3) is 0 Å². The molecule has 0 rings (SSSR count). The highest BCUT2D eigenvalue weighted by Crippen LogP contribution is 2.22. The summed E-state index contributed by atoms with van der Waals surface area (Å²) in [4.78, 5) is 0. The van der Waals surface area contributed by atoms with Crippen molar-refractivity contribution in [1.82, 2.24) is 0 Å². The molecular weight excluding hydrogens is 200 g/mol. The first-order chi connectivity index (χ1) is 6.40. The number of nitrogens with one attached hydrogen (secondary N) is 1. The number of rotatable bonds is 7. The van der Waals surface area contributed by atoms with Crippen LogP contribution in [-0.2, 0) is 0 Å². The molecule has 0 aromatic rings. The SMILES string of the molecule is CC(C)(CCSCC(O)CO)C(=N)N. The van der Waals surface area contributed by atoms with Crippen molar-refractivity contribution in [3.8, 4) is 0 Å². The van der Waals surface area contributed by atoms with Crippen molar-refractivity contribution in [2.45, 2.75) is 26.4 Å². The molecule has 14 heavy (non-hydrogen) atoms. The number of nitrogens with two attached hydrogens (primary N) is 1. The van der Waals surface area contributed by atoms with E-state index in [1.54, 1.807) is 11.8 Å². The summed E-state index contributed by atoms with van der Waals surface area (Å²) in [5.74, 6) is 1.56. The van der Waals surface area contributed by atoms with Crippen LogP contribution < -0.4 is 5.73 Å². The number of amidine groups is 1. The van der Waals surface area contributed by atoms with E-state index in [4.69, 9.17) is 21.4 Å². The molecule has 0 fully saturated rings. The van der Waals surface area contributed by atoms with E-state index in [1.165, 1.54) is 0 Å². The number of hydrogen-bond donors (Lipinski definition) is 4. The quantitative estimate of drug-likeness (QED) is 0.284. The zero-order valence-corrected chi connectivity index (χ0v) is 9.60. The molecule has 84 valence electrons. The van der Waals surface area contributed by atoms with Crippen molar-refractivity contribution in [2.75, 3.05) is 18.1 Å². The van der Waals surface area contributed by atoms with Gasteiger partial charge in [-0.25, -0.2) is 0 Å². The predicted octanol–water partition coefficient (Wildman–Crippen LogP) is 0.425. The lowest BCUT2D eigenvalue weighted by molar-refractivity contribution is 0.113. The first kappa shape index (κ1) is 13.7. The minimum atomic E-state index is -0.638. The van der Waals surface area contributed by atoms with Gasteiger partial charge in [0.15, 0.2) is 0 Å². The standard InChI is InChI=1S/C9H20N2O2S/c1-9(2,8(10)11)3-4-14-6-7(13)5-12/h7,12-13H,3-6H2,1-2H3,(H3,10,11). The first-order valence-electron chi connectivity index (χ1n) is 4.61. The molecule has 0 amide bonds. The van der Waals surface area contributed by atoms with Gasteiger partial charge in [0, 0.05) is 11.2 Å². The molecule has 0 heterocycles. The Kier molecular flexibility index (Phi) is 6.15. The molecule has 0 aliphatic rings. The van der Waals surface area contributed by atoms with Crippen molar-refractivity contribution in [3.63, 3.8) is 0 Å². The van der Waals surface area contributed by atoms with E-state index < -0.39 is 6.10 Å². The molecule has 1 unspecified atom stereocenters. The predicted molar refractivity (Wildman–Crippen MR) is 60.7 cm³/mol. The highest BCUT2D eigenvalue weighted by atomic mass is 32.2. The van der Waals surface area contributed by atoms with Crippen LogP contribution in [0.4, 0.5) is 0 Å². The van der Waals surface area contributed by atoms with Gasteiger partial charge in [-0.1, -0.05) is 13.8 Å². The van der Waals surface area contributed by atoms with E-state index >= 15 is 0 Å². The Hall–Kier alpha value is -0.260. The lowest BCUT2D eigenvalue weighted by atomic mass is 9.89. The van der Waals surface area contributed by atoms with Gasteiger partial charge in [-0.15, -0.1) is 0 Å². The molecular formula is C9H20N2O2S. The molecule has 0 aliphatic carbocycles. The maximum absolute atomic E-state index is 9.06. The van der Waals surface area contributed by atoms with E-state index in [-0.39, 0.29) is 17.9 Å². The summed E-state index contributed by atoms with van der Waals surface area (Å²) in [7, 11) is 0. The van der Waals surface area contributed by atoms with Crippen molar-refractivity contribution in [1.29, 1.82) is 5.41 Å². The maximum Gasteiger partial charge on any atom is 0.0963 e. The molecule has 5 N–H and O–H groups in total. The van der Waals surface area contributed by atoms with Gasteiger partial charge in [-0.3, -0.25) is 5.41 Å². The molecule has 0 aromatic carbocycles. The third kappa shape index (κ3) is 5.47. The van der Waals surface area contributed by atoms with Gasteiger partial charge < -0.3 is 15.9 Å². The van der Waals surface area contributed by atoms with E-state index in [0.29, 0.717) is 5.75 Å². The van der Waals surface area contributed by atoms with Gasteiger partial charge in [0.2, 0.25) is 0 Å². The third-order valence-corrected chi connectivity index (χ3v) is 3.23. The summed E-state index contributed by atoms with van der Waals surface area (Å²) >= 11 is 1.57. The Balaban J connectivity index is 3.59. The third-order valence-electron chi connectivity index (χ3n) is 2.12. The van der Waals surface area contributed by atoms with Crippen LogP contribution in [0.25, 0.3) is 0 Å². The Morgan fingerprint density at radius 2 is 2.14 bits per heavy atom. The van der Waals surface area contributed by atoms with Crippen LogP contribution in [0.5, 0.6) is 0 Å². The number of aliphatic hydroxyl groups excluding tert-OH is 2. The smallest absolute Gasteiger partial charge is 0.0963 e. The summed E-state index contributed by atoms with van der Waals surface area (Å²) in [5.41, 5.74) is 5.16. The van der Waals surface area contributed by atoms with E-state index in [1.807, 2.05) is 13.8 Å². The zero-order chi connectivity index (χ0) is 11.2. The van der Waals surface area contributed by atoms with Gasteiger partial charge in [0.05, 0.1) is 18.5 Å². The van der Waals surface area contributed by atoms with Gasteiger partial charge >= 0.3 is 0 Å². The second-order valence-corrected chi connectivity index (χ2v) is 5.11. The molecule has 0 spiro atoms. The molecule has 0 radical (unpaired) electrons. The van der Waals surface area contributed by atoms with E-state index in [9.17, 15) is 0 Å². The summed E-state index contributed by atoms with van der Waals surface area (Å²) < 4.78 is 0. The first-order valence-corrected chi connectivity index (χ1v) is 5.77. The van der Waals surface area contributed by atoms with Crippen LogP contribution in [-0.4, -0.2) is 40.3 Å². The molecule has 0 aliphatic heterocycles. The number of hydrogen-bond acceptors (Lipinski definition) is 4. The van der Waals surface area contributed by atoms with Crippen molar-refractivity contribution in [3.05, 3.63) is 0 Å². The van der Waals surface area contributed by atoms with Crippen LogP contribution in [0, 0.1) is 10.8 Å². The second-order valence-electron chi connectivity index (χ2n) is 3.96. The molecule has 4 nitrogen and oxygen atoms in total. The Bertz CT molecular complexity index is 186. The maximum atomic E-state index is 9.06. The van der Waals surface area contributed by atoms with Crippen molar-refractivity contribution < 1.29 is 10.2 Å². The van der Waals surface area contributed by atoms with Gasteiger partial charge in [0.1, 0.15) is 0 Å². The molecule has 0 saturated heterocycles. The normalized spacial score (nSPS) is 14.0. The van der Waals surface area contributed by atoms with E-state index in [2.05, 4.69) is 0 Å². The average Bonchev–Trinajstić information content (AvgIpc) is 2.11. The van der Waals surface area contributed by atoms with Crippen molar-refractivity contribution in [2.24, 2.45) is 11.1 Å². The van der Waals surface area contributed by atoms with Crippen LogP contribution in [0.1, 0.15) is 20.3 Å². The molecule has 0 bridgehead atoms. The topological polar surface area (TPSA) is 90.3 Å². The fraction of sp³-hybridized carbons (Fsp3) is 0.889. The van der Waals surface area contributed by atoms with Gasteiger partial charge in [-0.05, 0) is 12.2 Å². The monoisotopic (exact) mass is 220 g/mol. The summed E-state index contributed by atoms with van der Waals surface area (Å²) in [5, 5.41) is 25.0. The average molecular weight is 220 g/mol. The van der Waals surface area contributed by atoms with E-state index in [0.717, 1.165) is 12.2 Å². The summed E-state index contributed by atoms with van der Waals surface area (Å²) in [6.07, 6.45) is 0.172. The molecule has 1 atom stereocenters. The van der Waals surface area contributed by atoms with Crippen molar-refractivity contribution >= 4 is 17.6 Å². The minimum Gasteiger partial charge on any atom is -0.394 e. The fourth-order valence-electron chi connectivity index (χ4n) is 0.734. The Labute approximate surface area is 89.4 Å². The summed E-state index contributed by atoms with van der Waals surface area (Å²) in [6.45, 7) is 3.67. The van der Waals surface area contributed by atoms with Crippen LogP contribution in [0.2, 0.25) is 0 Å². The number of aliphatic hydroxyl groups is 2. The van der Waals surface area contributed by atoms with Crippen LogP contribution in [0.15, 0.2) is 0 Å². The minimum absolute atomic E-state index is 0.191. The Morgan fingerprint density at radius 3 is 2.57 bits per heavy atom. The van der Waals surface area contributed by atoms with Crippen LogP contribution >= 0.6 is 11.8 Å². The highest BCUT2D eigenvalue weighted by molar-refractivity contribution is 7.99.